The maximum Gasteiger partial charge on any atom is 0.300 e. The van der Waals surface area contributed by atoms with Gasteiger partial charge in [0.25, 0.3) is 5.97 Å². The van der Waals surface area contributed by atoms with Crippen LogP contribution >= 0.6 is 0 Å². The lowest BCUT2D eigenvalue weighted by atomic mass is 9.95. The molecule has 0 unspecified atom stereocenters. The molecule has 0 atom stereocenters. The molecule has 1 saturated carbocycles. The molecular formula is C32H36N2O4. The summed E-state index contributed by atoms with van der Waals surface area (Å²) in [6.45, 7) is 6.12. The third kappa shape index (κ3) is 5.96. The first-order chi connectivity index (χ1) is 18.3. The van der Waals surface area contributed by atoms with Crippen LogP contribution in [0, 0.1) is 12.8 Å². The molecule has 38 heavy (non-hydrogen) atoms. The van der Waals surface area contributed by atoms with Gasteiger partial charge in [-0.05, 0) is 55.2 Å². The number of hydrogen-bond donors (Lipinski definition) is 2. The molecule has 0 bridgehead atoms. The average Bonchev–Trinajstić information content (AvgIpc) is 3.50. The van der Waals surface area contributed by atoms with E-state index in [1.807, 2.05) is 37.3 Å². The van der Waals surface area contributed by atoms with Crippen LogP contribution in [-0.4, -0.2) is 32.3 Å². The van der Waals surface area contributed by atoms with Gasteiger partial charge in [0, 0.05) is 59.2 Å². The summed E-state index contributed by atoms with van der Waals surface area (Å²) < 4.78 is 2.31. The van der Waals surface area contributed by atoms with Crippen LogP contribution < -0.4 is 0 Å². The van der Waals surface area contributed by atoms with Crippen molar-refractivity contribution in [2.45, 2.75) is 65.8 Å². The maximum absolute atomic E-state index is 12.8. The number of benzene rings is 3. The number of carboxylic acid groups (broad SMARTS) is 1. The Bertz CT molecular complexity index is 1490. The first kappa shape index (κ1) is 27.1. The lowest BCUT2D eigenvalue weighted by Crippen LogP contribution is -2.08. The Labute approximate surface area is 223 Å². The molecule has 0 spiro atoms. The molecule has 0 aliphatic heterocycles. The molecule has 0 saturated heterocycles. The molecular weight excluding hydrogens is 476 g/mol. The SMILES string of the molecule is CC(=O)O.CCn1c2ccc(CC(=O)CC3CCCC3)cc2c2cc(C(=NO)c3ccccc3C)ccc21. The van der Waals surface area contributed by atoms with Gasteiger partial charge in [-0.25, -0.2) is 0 Å². The van der Waals surface area contributed by atoms with Gasteiger partial charge in [-0.15, -0.1) is 0 Å². The fourth-order valence-corrected chi connectivity index (χ4v) is 5.69. The summed E-state index contributed by atoms with van der Waals surface area (Å²) in [5.41, 5.74) is 6.82. The molecule has 6 nitrogen and oxygen atoms in total. The van der Waals surface area contributed by atoms with Gasteiger partial charge in [-0.1, -0.05) is 67.2 Å². The van der Waals surface area contributed by atoms with Gasteiger partial charge in [0.05, 0.1) is 0 Å². The Morgan fingerprint density at radius 1 is 0.974 bits per heavy atom. The number of carbonyl (C=O) groups excluding carboxylic acids is 1. The standard InChI is InChI=1S/C30H32N2O2.C2H4O2/c1-3-32-28-14-12-22(17-24(33)16-21-9-5-6-10-21)18-26(28)27-19-23(13-15-29(27)32)30(31-34)25-11-7-4-8-20(25)2;1-2(3)4/h4,7-8,11-15,18-19,21,34H,3,5-6,9-10,16-17H2,1-2H3;1H3,(H,3,4). The van der Waals surface area contributed by atoms with E-state index in [4.69, 9.17) is 9.90 Å². The number of rotatable bonds is 7. The number of carboxylic acids is 1. The van der Waals surface area contributed by atoms with E-state index in [1.54, 1.807) is 0 Å². The molecule has 3 aromatic carbocycles. The number of aliphatic carboxylic acids is 1. The average molecular weight is 513 g/mol. The number of fused-ring (bicyclic) bond motifs is 3. The van der Waals surface area contributed by atoms with Crippen molar-refractivity contribution >= 4 is 39.3 Å². The molecule has 198 valence electrons. The van der Waals surface area contributed by atoms with Gasteiger partial charge in [0.1, 0.15) is 11.5 Å². The Morgan fingerprint density at radius 2 is 1.61 bits per heavy atom. The molecule has 1 aromatic heterocycles. The number of hydrogen-bond acceptors (Lipinski definition) is 4. The van der Waals surface area contributed by atoms with E-state index in [-0.39, 0.29) is 0 Å². The highest BCUT2D eigenvalue weighted by Gasteiger charge is 2.19. The zero-order chi connectivity index (χ0) is 27.2. The van der Waals surface area contributed by atoms with Gasteiger partial charge in [-0.3, -0.25) is 9.59 Å². The summed E-state index contributed by atoms with van der Waals surface area (Å²) in [5, 5.41) is 23.3. The van der Waals surface area contributed by atoms with E-state index >= 15 is 0 Å². The highest BCUT2D eigenvalue weighted by atomic mass is 16.4. The Morgan fingerprint density at radius 3 is 2.24 bits per heavy atom. The van der Waals surface area contributed by atoms with Crippen molar-refractivity contribution in [2.24, 2.45) is 11.1 Å². The molecule has 1 aliphatic rings. The largest absolute Gasteiger partial charge is 0.481 e. The molecule has 1 heterocycles. The molecule has 5 rings (SSSR count). The van der Waals surface area contributed by atoms with Gasteiger partial charge >= 0.3 is 0 Å². The van der Waals surface area contributed by atoms with Crippen molar-refractivity contribution in [2.75, 3.05) is 0 Å². The number of Topliss-reactive ketones (excluding diaryl/α,β-unsaturated/α-hetero) is 1. The topological polar surface area (TPSA) is 91.9 Å². The Kier molecular flexibility index (Phi) is 8.62. The third-order valence-electron chi connectivity index (χ3n) is 7.41. The minimum atomic E-state index is -0.833. The van der Waals surface area contributed by atoms with E-state index in [2.05, 4.69) is 47.0 Å². The van der Waals surface area contributed by atoms with Crippen LogP contribution in [0.4, 0.5) is 0 Å². The van der Waals surface area contributed by atoms with Crippen LogP contribution in [0.3, 0.4) is 0 Å². The van der Waals surface area contributed by atoms with Gasteiger partial charge in [0.15, 0.2) is 0 Å². The van der Waals surface area contributed by atoms with Crippen LogP contribution in [0.2, 0.25) is 0 Å². The summed E-state index contributed by atoms with van der Waals surface area (Å²) in [6.07, 6.45) is 6.15. The molecule has 2 N–H and O–H groups in total. The zero-order valence-electron chi connectivity index (χ0n) is 22.4. The van der Waals surface area contributed by atoms with Crippen LogP contribution in [0.5, 0.6) is 0 Å². The highest BCUT2D eigenvalue weighted by Crippen LogP contribution is 2.32. The van der Waals surface area contributed by atoms with Crippen molar-refractivity contribution in [3.63, 3.8) is 0 Å². The van der Waals surface area contributed by atoms with E-state index in [0.717, 1.165) is 52.0 Å². The fourth-order valence-electron chi connectivity index (χ4n) is 5.69. The third-order valence-corrected chi connectivity index (χ3v) is 7.41. The van der Waals surface area contributed by atoms with Crippen LogP contribution in [0.1, 0.15) is 68.2 Å². The first-order valence-corrected chi connectivity index (χ1v) is 13.4. The lowest BCUT2D eigenvalue weighted by Gasteiger charge is -2.09. The van der Waals surface area contributed by atoms with Gasteiger partial charge < -0.3 is 14.9 Å². The maximum atomic E-state index is 12.8. The number of ketones is 1. The van der Waals surface area contributed by atoms with Crippen molar-refractivity contribution < 1.29 is 19.9 Å². The smallest absolute Gasteiger partial charge is 0.300 e. The second-order valence-electron chi connectivity index (χ2n) is 10.2. The summed E-state index contributed by atoms with van der Waals surface area (Å²) in [5.74, 6) is 0.0962. The molecule has 6 heteroatoms. The van der Waals surface area contributed by atoms with E-state index in [1.165, 1.54) is 31.2 Å². The minimum Gasteiger partial charge on any atom is -0.481 e. The number of nitrogens with zero attached hydrogens (tertiary/aromatic N) is 2. The second-order valence-corrected chi connectivity index (χ2v) is 10.2. The monoisotopic (exact) mass is 512 g/mol. The number of oxime groups is 1. The van der Waals surface area contributed by atoms with Crippen LogP contribution in [0.15, 0.2) is 65.8 Å². The van der Waals surface area contributed by atoms with E-state index < -0.39 is 5.97 Å². The van der Waals surface area contributed by atoms with Crippen LogP contribution in [-0.2, 0) is 22.6 Å². The van der Waals surface area contributed by atoms with Crippen molar-refractivity contribution in [1.29, 1.82) is 0 Å². The van der Waals surface area contributed by atoms with Crippen molar-refractivity contribution in [1.82, 2.24) is 4.57 Å². The van der Waals surface area contributed by atoms with Crippen LogP contribution in [0.25, 0.3) is 21.8 Å². The quantitative estimate of drug-likeness (QED) is 0.156. The second kappa shape index (κ2) is 12.1. The molecule has 0 amide bonds. The Hall–Kier alpha value is -3.93. The lowest BCUT2D eigenvalue weighted by molar-refractivity contribution is -0.134. The number of carbonyl (C=O) groups is 2. The van der Waals surface area contributed by atoms with Crippen molar-refractivity contribution in [3.8, 4) is 0 Å². The molecule has 1 aliphatic carbocycles. The van der Waals surface area contributed by atoms with E-state index in [0.29, 0.717) is 30.3 Å². The normalized spacial score (nSPS) is 14.0. The summed E-state index contributed by atoms with van der Waals surface area (Å²) >= 11 is 0. The number of aryl methyl sites for hydroxylation is 2. The minimum absolute atomic E-state index is 0.348. The molecule has 1 fully saturated rings. The summed E-state index contributed by atoms with van der Waals surface area (Å²) in [7, 11) is 0. The Balaban J connectivity index is 0.000000786. The summed E-state index contributed by atoms with van der Waals surface area (Å²) in [6, 6.07) is 20.7. The predicted octanol–water partition coefficient (Wildman–Crippen LogP) is 7.13. The zero-order valence-corrected chi connectivity index (χ0v) is 22.4. The number of aromatic nitrogens is 1. The molecule has 0 radical (unpaired) electrons. The molecule has 4 aromatic rings. The highest BCUT2D eigenvalue weighted by molar-refractivity contribution is 6.17. The predicted molar refractivity (Wildman–Crippen MR) is 152 cm³/mol. The summed E-state index contributed by atoms with van der Waals surface area (Å²) in [4.78, 5) is 21.8. The first-order valence-electron chi connectivity index (χ1n) is 13.4. The van der Waals surface area contributed by atoms with E-state index in [9.17, 15) is 10.0 Å². The van der Waals surface area contributed by atoms with Gasteiger partial charge in [0.2, 0.25) is 0 Å². The fraction of sp³-hybridized carbons (Fsp3) is 0.344. The van der Waals surface area contributed by atoms with Gasteiger partial charge in [-0.2, -0.15) is 0 Å². The van der Waals surface area contributed by atoms with Crippen molar-refractivity contribution in [3.05, 3.63) is 82.9 Å².